The van der Waals surface area contributed by atoms with Gasteiger partial charge in [0.1, 0.15) is 0 Å². The monoisotopic (exact) mass is 279 g/mol. The number of esters is 1. The van der Waals surface area contributed by atoms with E-state index in [2.05, 4.69) is 11.2 Å². The molecule has 6 nitrogen and oxygen atoms in total. The highest BCUT2D eigenvalue weighted by molar-refractivity contribution is 5.87. The van der Waals surface area contributed by atoms with Crippen molar-refractivity contribution in [3.05, 3.63) is 17.5 Å². The van der Waals surface area contributed by atoms with Crippen LogP contribution in [-0.2, 0) is 22.4 Å². The lowest BCUT2D eigenvalue weighted by molar-refractivity contribution is 0.0518. The lowest BCUT2D eigenvalue weighted by Crippen LogP contribution is -2.17. The second-order valence-electron chi connectivity index (χ2n) is 5.13. The molecule has 1 rings (SSSR count). The van der Waals surface area contributed by atoms with Crippen molar-refractivity contribution in [3.8, 4) is 6.07 Å². The van der Waals surface area contributed by atoms with E-state index in [0.717, 1.165) is 5.69 Å². The molecule has 110 valence electrons. The van der Waals surface area contributed by atoms with Crippen molar-refractivity contribution < 1.29 is 14.3 Å². The van der Waals surface area contributed by atoms with E-state index in [-0.39, 0.29) is 5.69 Å². The molecule has 0 saturated carbocycles. The fourth-order valence-corrected chi connectivity index (χ4v) is 1.77. The Bertz CT molecular complexity index is 500. The minimum absolute atomic E-state index is 0.270. The minimum atomic E-state index is -0.517. The molecule has 0 bridgehead atoms. The Kier molecular flexibility index (Phi) is 5.71. The molecule has 6 heteroatoms. The summed E-state index contributed by atoms with van der Waals surface area (Å²) < 4.78 is 11.7. The van der Waals surface area contributed by atoms with Crippen LogP contribution in [-0.4, -0.2) is 36.1 Å². The Morgan fingerprint density at radius 2 is 2.25 bits per heavy atom. The second kappa shape index (κ2) is 7.06. The van der Waals surface area contributed by atoms with Gasteiger partial charge in [-0.2, -0.15) is 10.4 Å². The first-order valence-corrected chi connectivity index (χ1v) is 6.57. The molecule has 0 aliphatic carbocycles. The van der Waals surface area contributed by atoms with Crippen LogP contribution in [0, 0.1) is 16.7 Å². The van der Waals surface area contributed by atoms with Crippen LogP contribution in [0.4, 0.5) is 0 Å². The van der Waals surface area contributed by atoms with Crippen LogP contribution in [0.1, 0.15) is 37.0 Å². The Labute approximate surface area is 119 Å². The Morgan fingerprint density at radius 1 is 1.55 bits per heavy atom. The summed E-state index contributed by atoms with van der Waals surface area (Å²) in [7, 11) is 1.61. The lowest BCUT2D eigenvalue weighted by atomic mass is 9.89. The standard InChI is InChI=1S/C14H21N3O3/c1-5-20-13(18)12-8-11(9-14(2,3)10-15)17(16-12)6-7-19-4/h8H,5-7,9H2,1-4H3. The maximum absolute atomic E-state index is 11.7. The summed E-state index contributed by atoms with van der Waals surface area (Å²) >= 11 is 0. The summed E-state index contributed by atoms with van der Waals surface area (Å²) in [6.07, 6.45) is 0.514. The maximum atomic E-state index is 11.7. The SMILES string of the molecule is CCOC(=O)c1cc(CC(C)(C)C#N)n(CCOC)n1. The number of carbonyl (C=O) groups excluding carboxylic acids is 1. The van der Waals surface area contributed by atoms with Gasteiger partial charge in [0.25, 0.3) is 0 Å². The van der Waals surface area contributed by atoms with E-state index in [4.69, 9.17) is 14.7 Å². The van der Waals surface area contributed by atoms with Gasteiger partial charge in [-0.05, 0) is 26.8 Å². The van der Waals surface area contributed by atoms with Crippen molar-refractivity contribution in [2.75, 3.05) is 20.3 Å². The largest absolute Gasteiger partial charge is 0.461 e. The molecule has 0 N–H and O–H groups in total. The molecule has 0 aliphatic rings. The molecule has 0 amide bonds. The van der Waals surface area contributed by atoms with E-state index in [9.17, 15) is 4.79 Å². The second-order valence-corrected chi connectivity index (χ2v) is 5.13. The number of hydrogen-bond acceptors (Lipinski definition) is 5. The van der Waals surface area contributed by atoms with Gasteiger partial charge in [0.05, 0.1) is 31.2 Å². The van der Waals surface area contributed by atoms with Crippen LogP contribution in [0.3, 0.4) is 0 Å². The van der Waals surface area contributed by atoms with Crippen molar-refractivity contribution in [2.45, 2.75) is 33.7 Å². The van der Waals surface area contributed by atoms with Crippen molar-refractivity contribution >= 4 is 5.97 Å². The smallest absolute Gasteiger partial charge is 0.358 e. The van der Waals surface area contributed by atoms with E-state index in [0.29, 0.717) is 26.2 Å². The molecular weight excluding hydrogens is 258 g/mol. The van der Waals surface area contributed by atoms with Gasteiger partial charge in [0.2, 0.25) is 0 Å². The maximum Gasteiger partial charge on any atom is 0.358 e. The first kappa shape index (κ1) is 16.2. The van der Waals surface area contributed by atoms with Crippen LogP contribution in [0.2, 0.25) is 0 Å². The molecule has 0 radical (unpaired) electrons. The Balaban J connectivity index is 3.00. The number of nitriles is 1. The van der Waals surface area contributed by atoms with Crippen LogP contribution < -0.4 is 0 Å². The van der Waals surface area contributed by atoms with Gasteiger partial charge in [-0.15, -0.1) is 0 Å². The summed E-state index contributed by atoms with van der Waals surface area (Å²) in [5, 5.41) is 13.4. The summed E-state index contributed by atoms with van der Waals surface area (Å²) in [6, 6.07) is 3.94. The van der Waals surface area contributed by atoms with Crippen molar-refractivity contribution in [1.82, 2.24) is 9.78 Å². The number of rotatable bonds is 7. The molecule has 0 spiro atoms. The van der Waals surface area contributed by atoms with Crippen molar-refractivity contribution in [2.24, 2.45) is 5.41 Å². The number of aromatic nitrogens is 2. The normalized spacial score (nSPS) is 11.2. The van der Waals surface area contributed by atoms with E-state index in [1.54, 1.807) is 24.8 Å². The van der Waals surface area contributed by atoms with Gasteiger partial charge in [-0.25, -0.2) is 4.79 Å². The van der Waals surface area contributed by atoms with Gasteiger partial charge < -0.3 is 9.47 Å². The molecule has 0 aromatic carbocycles. The van der Waals surface area contributed by atoms with Crippen LogP contribution in [0.15, 0.2) is 6.07 Å². The number of carbonyl (C=O) groups is 1. The van der Waals surface area contributed by atoms with Crippen LogP contribution >= 0.6 is 0 Å². The molecule has 0 unspecified atom stereocenters. The third kappa shape index (κ3) is 4.35. The van der Waals surface area contributed by atoms with Gasteiger partial charge in [0.15, 0.2) is 5.69 Å². The average molecular weight is 279 g/mol. The predicted molar refractivity (Wildman–Crippen MR) is 73.2 cm³/mol. The van der Waals surface area contributed by atoms with E-state index < -0.39 is 11.4 Å². The highest BCUT2D eigenvalue weighted by atomic mass is 16.5. The zero-order valence-corrected chi connectivity index (χ0v) is 12.5. The highest BCUT2D eigenvalue weighted by Crippen LogP contribution is 2.21. The Hall–Kier alpha value is -1.87. The molecule has 1 aromatic heterocycles. The summed E-state index contributed by atoms with van der Waals surface area (Å²) in [5.74, 6) is -0.445. The molecule has 1 aromatic rings. The lowest BCUT2D eigenvalue weighted by Gasteiger charge is -2.15. The molecule has 0 aliphatic heterocycles. The highest BCUT2D eigenvalue weighted by Gasteiger charge is 2.23. The third-order valence-electron chi connectivity index (χ3n) is 2.78. The van der Waals surface area contributed by atoms with Gasteiger partial charge in [-0.1, -0.05) is 0 Å². The fraction of sp³-hybridized carbons (Fsp3) is 0.643. The van der Waals surface area contributed by atoms with Crippen LogP contribution in [0.25, 0.3) is 0 Å². The molecule has 0 saturated heterocycles. The van der Waals surface area contributed by atoms with Crippen molar-refractivity contribution in [3.63, 3.8) is 0 Å². The van der Waals surface area contributed by atoms with Gasteiger partial charge in [-0.3, -0.25) is 4.68 Å². The van der Waals surface area contributed by atoms with E-state index >= 15 is 0 Å². The number of hydrogen-bond donors (Lipinski definition) is 0. The average Bonchev–Trinajstić information content (AvgIpc) is 2.79. The molecule has 0 atom stereocenters. The van der Waals surface area contributed by atoms with E-state index in [1.807, 2.05) is 13.8 Å². The molecule has 0 fully saturated rings. The topological polar surface area (TPSA) is 77.1 Å². The summed E-state index contributed by atoms with van der Waals surface area (Å²) in [6.45, 7) is 6.79. The summed E-state index contributed by atoms with van der Waals surface area (Å²) in [4.78, 5) is 11.7. The predicted octanol–water partition coefficient (Wildman–Crippen LogP) is 1.80. The number of nitrogens with zero attached hydrogens (tertiary/aromatic N) is 3. The Morgan fingerprint density at radius 3 is 2.80 bits per heavy atom. The quantitative estimate of drug-likeness (QED) is 0.711. The number of methoxy groups -OCH3 is 1. The van der Waals surface area contributed by atoms with Gasteiger partial charge >= 0.3 is 5.97 Å². The van der Waals surface area contributed by atoms with Gasteiger partial charge in [0, 0.05) is 19.2 Å². The first-order valence-electron chi connectivity index (χ1n) is 6.57. The molecular formula is C14H21N3O3. The zero-order chi connectivity index (χ0) is 15.2. The summed E-state index contributed by atoms with van der Waals surface area (Å²) in [5.41, 5.74) is 0.583. The molecule has 1 heterocycles. The van der Waals surface area contributed by atoms with E-state index in [1.165, 1.54) is 0 Å². The van der Waals surface area contributed by atoms with Crippen LogP contribution in [0.5, 0.6) is 0 Å². The third-order valence-corrected chi connectivity index (χ3v) is 2.78. The number of ether oxygens (including phenoxy) is 2. The zero-order valence-electron chi connectivity index (χ0n) is 12.5. The first-order chi connectivity index (χ1) is 9.43. The molecule has 20 heavy (non-hydrogen) atoms. The minimum Gasteiger partial charge on any atom is -0.461 e. The van der Waals surface area contributed by atoms with Crippen molar-refractivity contribution in [1.29, 1.82) is 5.26 Å². The fourth-order valence-electron chi connectivity index (χ4n) is 1.77.